The van der Waals surface area contributed by atoms with Gasteiger partial charge in [0.05, 0.1) is 5.56 Å². The highest BCUT2D eigenvalue weighted by atomic mass is 16.4. The molecule has 224 valence electrons. The summed E-state index contributed by atoms with van der Waals surface area (Å²) in [5, 5.41) is 6.53. The van der Waals surface area contributed by atoms with Gasteiger partial charge in [0, 0.05) is 33.5 Å². The maximum absolute atomic E-state index is 6.60. The molecule has 0 aliphatic rings. The van der Waals surface area contributed by atoms with Crippen molar-refractivity contribution in [1.29, 1.82) is 0 Å². The van der Waals surface area contributed by atoms with E-state index < -0.39 is 0 Å². The van der Waals surface area contributed by atoms with Crippen molar-refractivity contribution in [1.82, 2.24) is 19.9 Å². The summed E-state index contributed by atoms with van der Waals surface area (Å²) in [4.78, 5) is 20.3. The number of para-hydroxylation sites is 1. The summed E-state index contributed by atoms with van der Waals surface area (Å²) >= 11 is 0. The van der Waals surface area contributed by atoms with Crippen molar-refractivity contribution in [3.8, 4) is 45.6 Å². The van der Waals surface area contributed by atoms with Crippen LogP contribution < -0.4 is 0 Å². The molecule has 0 aliphatic carbocycles. The van der Waals surface area contributed by atoms with Crippen molar-refractivity contribution in [2.24, 2.45) is 0 Å². The maximum atomic E-state index is 6.60. The third kappa shape index (κ3) is 4.20. The van der Waals surface area contributed by atoms with Crippen molar-refractivity contribution in [3.05, 3.63) is 146 Å². The topological polar surface area (TPSA) is 77.8 Å². The lowest BCUT2D eigenvalue weighted by Crippen LogP contribution is -2.01. The SMILES string of the molecule is c1ccc(-c2nc(-c3ccc4c(ccc5ccccc54)c3)nc(-c3c4oc(-c5ccccc5)nc4cc4oc5ccccc5c34)n2)cc1. The highest BCUT2D eigenvalue weighted by Crippen LogP contribution is 2.42. The largest absolute Gasteiger partial charge is 0.456 e. The van der Waals surface area contributed by atoms with Gasteiger partial charge < -0.3 is 8.83 Å². The first-order valence-electron chi connectivity index (χ1n) is 15.8. The number of rotatable bonds is 4. The van der Waals surface area contributed by atoms with Gasteiger partial charge in [-0.05, 0) is 45.8 Å². The molecular weight excluding hydrogens is 592 g/mol. The van der Waals surface area contributed by atoms with E-state index >= 15 is 0 Å². The molecule has 6 heteroatoms. The third-order valence-corrected chi connectivity index (χ3v) is 8.94. The lowest BCUT2D eigenvalue weighted by Gasteiger charge is -2.11. The van der Waals surface area contributed by atoms with Gasteiger partial charge in [0.2, 0.25) is 5.89 Å². The molecule has 0 amide bonds. The molecule has 0 unspecified atom stereocenters. The van der Waals surface area contributed by atoms with Crippen LogP contribution in [0.1, 0.15) is 0 Å². The van der Waals surface area contributed by atoms with Crippen LogP contribution in [0.2, 0.25) is 0 Å². The average Bonchev–Trinajstić information content (AvgIpc) is 3.75. The van der Waals surface area contributed by atoms with Crippen molar-refractivity contribution < 1.29 is 8.83 Å². The van der Waals surface area contributed by atoms with Gasteiger partial charge in [-0.2, -0.15) is 0 Å². The molecule has 0 saturated carbocycles. The molecule has 0 spiro atoms. The second-order valence-electron chi connectivity index (χ2n) is 11.9. The third-order valence-electron chi connectivity index (χ3n) is 8.94. The molecule has 0 radical (unpaired) electrons. The van der Waals surface area contributed by atoms with E-state index in [0.717, 1.165) is 44.0 Å². The minimum atomic E-state index is 0.482. The lowest BCUT2D eigenvalue weighted by molar-refractivity contribution is 0.620. The summed E-state index contributed by atoms with van der Waals surface area (Å²) in [6.45, 7) is 0. The Morgan fingerprint density at radius 1 is 0.396 bits per heavy atom. The molecule has 6 nitrogen and oxygen atoms in total. The first-order valence-corrected chi connectivity index (χ1v) is 15.8. The average molecular weight is 617 g/mol. The number of hydrogen-bond acceptors (Lipinski definition) is 6. The second kappa shape index (κ2) is 10.4. The normalized spacial score (nSPS) is 11.8. The molecular formula is C42H24N4O2. The minimum Gasteiger partial charge on any atom is -0.456 e. The Kier molecular flexibility index (Phi) is 5.77. The number of oxazole rings is 1. The van der Waals surface area contributed by atoms with Gasteiger partial charge in [-0.25, -0.2) is 19.9 Å². The Morgan fingerprint density at radius 2 is 1.04 bits per heavy atom. The van der Waals surface area contributed by atoms with Crippen LogP contribution in [-0.2, 0) is 0 Å². The number of nitrogens with zero attached hydrogens (tertiary/aromatic N) is 4. The monoisotopic (exact) mass is 616 g/mol. The van der Waals surface area contributed by atoms with Gasteiger partial charge in [-0.1, -0.05) is 115 Å². The van der Waals surface area contributed by atoms with E-state index in [0.29, 0.717) is 40.0 Å². The first-order chi connectivity index (χ1) is 23.8. The summed E-state index contributed by atoms with van der Waals surface area (Å²) in [5.74, 6) is 2.13. The molecule has 10 rings (SSSR count). The Balaban J connectivity index is 1.28. The number of fused-ring (bicyclic) bond motifs is 7. The van der Waals surface area contributed by atoms with Crippen LogP contribution >= 0.6 is 0 Å². The highest BCUT2D eigenvalue weighted by Gasteiger charge is 2.24. The van der Waals surface area contributed by atoms with E-state index in [1.807, 2.05) is 84.9 Å². The quantitative estimate of drug-likeness (QED) is 0.183. The Hall–Kier alpha value is -6.66. The maximum Gasteiger partial charge on any atom is 0.227 e. The fourth-order valence-electron chi connectivity index (χ4n) is 6.67. The lowest BCUT2D eigenvalue weighted by atomic mass is 10.00. The van der Waals surface area contributed by atoms with Gasteiger partial charge in [-0.15, -0.1) is 0 Å². The van der Waals surface area contributed by atoms with Gasteiger partial charge in [0.15, 0.2) is 23.1 Å². The van der Waals surface area contributed by atoms with Crippen molar-refractivity contribution in [2.75, 3.05) is 0 Å². The summed E-state index contributed by atoms with van der Waals surface area (Å²) in [5.41, 5.74) is 6.08. The van der Waals surface area contributed by atoms with Gasteiger partial charge in [0.1, 0.15) is 16.7 Å². The first kappa shape index (κ1) is 26.5. The Morgan fingerprint density at radius 3 is 1.88 bits per heavy atom. The summed E-state index contributed by atoms with van der Waals surface area (Å²) in [6, 6.07) is 49.0. The van der Waals surface area contributed by atoms with E-state index in [1.165, 1.54) is 16.2 Å². The number of furan rings is 1. The predicted molar refractivity (Wildman–Crippen MR) is 191 cm³/mol. The van der Waals surface area contributed by atoms with Gasteiger partial charge in [-0.3, -0.25) is 0 Å². The summed E-state index contributed by atoms with van der Waals surface area (Å²) < 4.78 is 13.0. The zero-order valence-corrected chi connectivity index (χ0v) is 25.5. The zero-order valence-electron chi connectivity index (χ0n) is 25.5. The molecule has 0 bridgehead atoms. The van der Waals surface area contributed by atoms with Crippen molar-refractivity contribution in [2.45, 2.75) is 0 Å². The molecule has 3 heterocycles. The number of hydrogen-bond donors (Lipinski definition) is 0. The molecule has 0 fully saturated rings. The zero-order chi connectivity index (χ0) is 31.6. The van der Waals surface area contributed by atoms with Crippen LogP contribution in [0.15, 0.2) is 154 Å². The van der Waals surface area contributed by atoms with Crippen LogP contribution in [0.4, 0.5) is 0 Å². The van der Waals surface area contributed by atoms with Gasteiger partial charge >= 0.3 is 0 Å². The molecule has 7 aromatic carbocycles. The summed E-state index contributed by atoms with van der Waals surface area (Å²) in [6.07, 6.45) is 0. The van der Waals surface area contributed by atoms with Crippen LogP contribution in [0.5, 0.6) is 0 Å². The standard InChI is InChI=1S/C42H24N4O2/c1-3-12-26(13-4-1)39-44-40(29-21-22-31-28(23-29)20-19-25-11-7-8-16-30(25)31)46-41(45-39)37-36-32-17-9-10-18-34(32)47-35(36)24-33-38(37)48-42(43-33)27-14-5-2-6-15-27/h1-24H. The molecule has 3 aromatic heterocycles. The molecule has 48 heavy (non-hydrogen) atoms. The van der Waals surface area contributed by atoms with Crippen LogP contribution in [0.3, 0.4) is 0 Å². The van der Waals surface area contributed by atoms with E-state index in [4.69, 9.17) is 28.8 Å². The van der Waals surface area contributed by atoms with Crippen LogP contribution in [-0.4, -0.2) is 19.9 Å². The summed E-state index contributed by atoms with van der Waals surface area (Å²) in [7, 11) is 0. The number of aromatic nitrogens is 4. The smallest absolute Gasteiger partial charge is 0.227 e. The van der Waals surface area contributed by atoms with E-state index in [2.05, 4.69) is 60.7 Å². The minimum absolute atomic E-state index is 0.482. The van der Waals surface area contributed by atoms with Crippen LogP contribution in [0, 0.1) is 0 Å². The molecule has 0 saturated heterocycles. The predicted octanol–water partition coefficient (Wildman–Crippen LogP) is 10.9. The molecule has 0 aliphatic heterocycles. The van der Waals surface area contributed by atoms with E-state index in [-0.39, 0.29) is 0 Å². The van der Waals surface area contributed by atoms with Crippen molar-refractivity contribution >= 4 is 54.6 Å². The fraction of sp³-hybridized carbons (Fsp3) is 0. The Bertz CT molecular complexity index is 2840. The molecule has 0 atom stereocenters. The van der Waals surface area contributed by atoms with Crippen molar-refractivity contribution in [3.63, 3.8) is 0 Å². The Labute approximate surface area is 274 Å². The fourth-order valence-corrected chi connectivity index (χ4v) is 6.67. The van der Waals surface area contributed by atoms with E-state index in [9.17, 15) is 0 Å². The number of benzene rings is 7. The molecule has 10 aromatic rings. The molecule has 0 N–H and O–H groups in total. The highest BCUT2D eigenvalue weighted by molar-refractivity contribution is 6.18. The van der Waals surface area contributed by atoms with E-state index in [1.54, 1.807) is 0 Å². The van der Waals surface area contributed by atoms with Gasteiger partial charge in [0.25, 0.3) is 0 Å². The van der Waals surface area contributed by atoms with Crippen LogP contribution in [0.25, 0.3) is 100 Å². The second-order valence-corrected chi connectivity index (χ2v) is 11.9.